The lowest BCUT2D eigenvalue weighted by molar-refractivity contribution is -0.128. The summed E-state index contributed by atoms with van der Waals surface area (Å²) in [7, 11) is 0. The largest absolute Gasteiger partial charge is 0.389 e. The maximum atomic E-state index is 13.7. The summed E-state index contributed by atoms with van der Waals surface area (Å²) in [5, 5.41) is 13.8. The lowest BCUT2D eigenvalue weighted by Gasteiger charge is -2.24. The Labute approximate surface area is 234 Å². The summed E-state index contributed by atoms with van der Waals surface area (Å²) in [5.41, 5.74) is 1.87. The lowest BCUT2D eigenvalue weighted by Crippen LogP contribution is -2.39. The molecule has 0 amide bonds. The van der Waals surface area contributed by atoms with E-state index in [9.17, 15) is 19.5 Å². The van der Waals surface area contributed by atoms with E-state index >= 15 is 0 Å². The van der Waals surface area contributed by atoms with E-state index in [2.05, 4.69) is 24.0 Å². The second kappa shape index (κ2) is 12.3. The zero-order valence-corrected chi connectivity index (χ0v) is 22.9. The molecule has 2 N–H and O–H groups in total. The molecular formula is C32H37N3O5. The number of hydrogen-bond acceptors (Lipinski definition) is 7. The summed E-state index contributed by atoms with van der Waals surface area (Å²) in [5.74, 6) is -0.625. The molecule has 8 heteroatoms. The van der Waals surface area contributed by atoms with Gasteiger partial charge in [-0.25, -0.2) is 4.98 Å². The van der Waals surface area contributed by atoms with Crippen molar-refractivity contribution >= 4 is 28.3 Å². The predicted molar refractivity (Wildman–Crippen MR) is 155 cm³/mol. The van der Waals surface area contributed by atoms with Gasteiger partial charge in [0.05, 0.1) is 11.4 Å². The van der Waals surface area contributed by atoms with Gasteiger partial charge in [0.15, 0.2) is 11.6 Å². The van der Waals surface area contributed by atoms with E-state index in [1.165, 1.54) is 11.6 Å². The van der Waals surface area contributed by atoms with Crippen molar-refractivity contribution in [1.29, 1.82) is 0 Å². The number of nitrogens with zero attached hydrogens (tertiary/aromatic N) is 2. The number of aliphatic hydroxyl groups is 1. The summed E-state index contributed by atoms with van der Waals surface area (Å²) in [6.07, 6.45) is 6.12. The van der Waals surface area contributed by atoms with Gasteiger partial charge in [-0.3, -0.25) is 19.0 Å². The maximum absolute atomic E-state index is 13.7. The van der Waals surface area contributed by atoms with Crippen LogP contribution in [-0.2, 0) is 32.7 Å². The van der Waals surface area contributed by atoms with E-state index in [-0.39, 0.29) is 29.9 Å². The number of para-hydroxylation sites is 1. The van der Waals surface area contributed by atoms with Gasteiger partial charge in [0, 0.05) is 37.1 Å². The highest BCUT2D eigenvalue weighted by atomic mass is 16.5. The molecular weight excluding hydrogens is 506 g/mol. The van der Waals surface area contributed by atoms with Crippen molar-refractivity contribution in [2.45, 2.75) is 56.9 Å². The molecule has 0 radical (unpaired) electrons. The van der Waals surface area contributed by atoms with Gasteiger partial charge in [-0.1, -0.05) is 30.8 Å². The predicted octanol–water partition coefficient (Wildman–Crippen LogP) is 3.98. The molecule has 5 rings (SSSR count). The molecule has 40 heavy (non-hydrogen) atoms. The SMILES string of the molecule is C=C(C(=O)C1(n2c(=O)ccc3ccccc32)CC1)[C@@H](CCOCCCCc1ccc2c(n1)NCCC2)C(=O)CO. The van der Waals surface area contributed by atoms with Gasteiger partial charge in [0.25, 0.3) is 5.56 Å². The number of carbonyl (C=O) groups excluding carboxylic acids is 2. The Balaban J connectivity index is 1.15. The monoisotopic (exact) mass is 543 g/mol. The first-order valence-electron chi connectivity index (χ1n) is 14.2. The molecule has 0 saturated heterocycles. The highest BCUT2D eigenvalue weighted by molar-refractivity contribution is 6.07. The molecule has 1 aliphatic heterocycles. The quantitative estimate of drug-likeness (QED) is 0.234. The minimum Gasteiger partial charge on any atom is -0.389 e. The Hall–Kier alpha value is -3.62. The molecule has 0 bridgehead atoms. The van der Waals surface area contributed by atoms with Crippen LogP contribution < -0.4 is 10.9 Å². The standard InChI is InChI=1S/C32H37N3O5/c1-22(30(39)32(16-17-32)35-27-10-3-2-7-23(27)12-14-29(35)38)26(28(37)21-36)15-20-40-19-5-4-9-25-13-11-24-8-6-18-33-31(24)34-25/h2-3,7,10-14,26,36H,1,4-6,8-9,15-21H2,(H,33,34)/t26-/m1/s1. The fourth-order valence-electron chi connectivity index (χ4n) is 5.72. The summed E-state index contributed by atoms with van der Waals surface area (Å²) in [4.78, 5) is 44.0. The molecule has 2 aromatic heterocycles. The van der Waals surface area contributed by atoms with Gasteiger partial charge in [0.2, 0.25) is 0 Å². The summed E-state index contributed by atoms with van der Waals surface area (Å²) < 4.78 is 7.36. The topological polar surface area (TPSA) is 111 Å². The Morgan fingerprint density at radius 3 is 2.73 bits per heavy atom. The maximum Gasteiger partial charge on any atom is 0.251 e. The van der Waals surface area contributed by atoms with Crippen LogP contribution in [0.5, 0.6) is 0 Å². The average molecular weight is 544 g/mol. The first-order chi connectivity index (χ1) is 19.4. The highest BCUT2D eigenvalue weighted by Crippen LogP contribution is 2.47. The molecule has 0 unspecified atom stereocenters. The molecule has 0 spiro atoms. The third-order valence-electron chi connectivity index (χ3n) is 8.11. The lowest BCUT2D eigenvalue weighted by atomic mass is 9.86. The van der Waals surface area contributed by atoms with Crippen LogP contribution in [0.25, 0.3) is 10.9 Å². The van der Waals surface area contributed by atoms with Gasteiger partial charge in [-0.05, 0) is 80.5 Å². The van der Waals surface area contributed by atoms with Crippen molar-refractivity contribution in [1.82, 2.24) is 9.55 Å². The van der Waals surface area contributed by atoms with E-state index in [0.717, 1.165) is 55.5 Å². The number of hydrogen-bond donors (Lipinski definition) is 2. The van der Waals surface area contributed by atoms with Crippen LogP contribution in [0.1, 0.15) is 49.8 Å². The zero-order chi connectivity index (χ0) is 28.1. The van der Waals surface area contributed by atoms with E-state index in [4.69, 9.17) is 9.72 Å². The van der Waals surface area contributed by atoms with Crippen LogP contribution in [0.2, 0.25) is 0 Å². The third kappa shape index (κ3) is 5.78. The van der Waals surface area contributed by atoms with Crippen molar-refractivity contribution in [2.24, 2.45) is 5.92 Å². The fraction of sp³-hybridized carbons (Fsp3) is 0.438. The van der Waals surface area contributed by atoms with Crippen LogP contribution in [-0.4, -0.2) is 52.6 Å². The minimum atomic E-state index is -1.04. The number of nitrogens with one attached hydrogen (secondary N) is 1. The van der Waals surface area contributed by atoms with E-state index in [0.29, 0.717) is 25.0 Å². The molecule has 8 nitrogen and oxygen atoms in total. The Kier molecular flexibility index (Phi) is 8.57. The molecule has 1 atom stereocenters. The number of rotatable bonds is 14. The second-order valence-corrected chi connectivity index (χ2v) is 10.8. The van der Waals surface area contributed by atoms with Crippen LogP contribution in [0.4, 0.5) is 5.82 Å². The van der Waals surface area contributed by atoms with Crippen LogP contribution in [0.15, 0.2) is 65.5 Å². The smallest absolute Gasteiger partial charge is 0.251 e. The first-order valence-corrected chi connectivity index (χ1v) is 14.2. The number of carbonyl (C=O) groups is 2. The van der Waals surface area contributed by atoms with Crippen LogP contribution >= 0.6 is 0 Å². The number of aryl methyl sites for hydroxylation is 2. The van der Waals surface area contributed by atoms with Crippen LogP contribution in [0, 0.1) is 5.92 Å². The number of ether oxygens (including phenoxy) is 1. The number of fused-ring (bicyclic) bond motifs is 2. The van der Waals surface area contributed by atoms with Gasteiger partial charge in [-0.15, -0.1) is 0 Å². The third-order valence-corrected chi connectivity index (χ3v) is 8.11. The highest BCUT2D eigenvalue weighted by Gasteiger charge is 2.54. The molecule has 1 aliphatic carbocycles. The molecule has 3 aromatic rings. The van der Waals surface area contributed by atoms with E-state index < -0.39 is 23.8 Å². The number of anilines is 1. The van der Waals surface area contributed by atoms with E-state index in [1.807, 2.05) is 24.3 Å². The number of ketones is 2. The van der Waals surface area contributed by atoms with Crippen molar-refractivity contribution in [3.05, 3.63) is 82.3 Å². The molecule has 3 heterocycles. The summed E-state index contributed by atoms with van der Waals surface area (Å²) >= 11 is 0. The second-order valence-electron chi connectivity index (χ2n) is 10.8. The summed E-state index contributed by atoms with van der Waals surface area (Å²) in [6, 6.07) is 14.9. The van der Waals surface area contributed by atoms with Crippen molar-refractivity contribution in [3.63, 3.8) is 0 Å². The molecule has 2 aliphatic rings. The molecule has 1 fully saturated rings. The number of unbranched alkanes of at least 4 members (excludes halogenated alkanes) is 1. The van der Waals surface area contributed by atoms with Crippen molar-refractivity contribution in [2.75, 3.05) is 31.7 Å². The first kappa shape index (κ1) is 27.9. The fourth-order valence-corrected chi connectivity index (χ4v) is 5.72. The molecule has 210 valence electrons. The number of pyridine rings is 2. The van der Waals surface area contributed by atoms with Gasteiger partial charge in [-0.2, -0.15) is 0 Å². The minimum absolute atomic E-state index is 0.132. The summed E-state index contributed by atoms with van der Waals surface area (Å²) in [6.45, 7) is 5.08. The Morgan fingerprint density at radius 1 is 1.10 bits per heavy atom. The van der Waals surface area contributed by atoms with Gasteiger partial charge >= 0.3 is 0 Å². The molecule has 1 saturated carbocycles. The number of benzene rings is 1. The van der Waals surface area contributed by atoms with Crippen molar-refractivity contribution in [3.8, 4) is 0 Å². The Bertz CT molecular complexity index is 1470. The number of Topliss-reactive ketones (excluding diaryl/α,β-unsaturated/α-hetero) is 2. The van der Waals surface area contributed by atoms with Crippen LogP contribution in [0.3, 0.4) is 0 Å². The normalized spacial score (nSPS) is 16.1. The van der Waals surface area contributed by atoms with Gasteiger partial charge in [0.1, 0.15) is 18.0 Å². The number of aromatic nitrogens is 2. The number of allylic oxidation sites excluding steroid dienone is 1. The van der Waals surface area contributed by atoms with E-state index in [1.54, 1.807) is 10.6 Å². The zero-order valence-electron chi connectivity index (χ0n) is 22.9. The number of aliphatic hydroxyl groups excluding tert-OH is 1. The average Bonchev–Trinajstić information content (AvgIpc) is 3.79. The Morgan fingerprint density at radius 2 is 1.93 bits per heavy atom. The van der Waals surface area contributed by atoms with Gasteiger partial charge < -0.3 is 15.2 Å². The van der Waals surface area contributed by atoms with Crippen molar-refractivity contribution < 1.29 is 19.4 Å². The molecule has 1 aromatic carbocycles.